The summed E-state index contributed by atoms with van der Waals surface area (Å²) in [4.78, 5) is 13.9. The van der Waals surface area contributed by atoms with Crippen LogP contribution < -0.4 is 10.1 Å². The molecule has 2 aromatic rings. The lowest BCUT2D eigenvalue weighted by Crippen LogP contribution is -2.60. The topological polar surface area (TPSA) is 56.8 Å². The molecule has 2 aliphatic rings. The second-order valence-corrected chi connectivity index (χ2v) is 11.5. The maximum atomic E-state index is 15.2. The summed E-state index contributed by atoms with van der Waals surface area (Å²) in [7, 11) is 1.65. The van der Waals surface area contributed by atoms with Gasteiger partial charge in [-0.25, -0.2) is 4.39 Å². The van der Waals surface area contributed by atoms with Crippen molar-refractivity contribution < 1.29 is 23.4 Å². The fourth-order valence-electron chi connectivity index (χ4n) is 4.66. The molecule has 1 aliphatic heterocycles. The van der Waals surface area contributed by atoms with Crippen molar-refractivity contribution in [2.45, 2.75) is 63.2 Å². The summed E-state index contributed by atoms with van der Waals surface area (Å²) in [5, 5.41) is 3.04. The summed E-state index contributed by atoms with van der Waals surface area (Å²) in [5.74, 6) is 0.0620. The third-order valence-electron chi connectivity index (χ3n) is 6.86. The Morgan fingerprint density at radius 2 is 1.86 bits per heavy atom. The van der Waals surface area contributed by atoms with E-state index >= 15 is 4.39 Å². The average molecular weight is 526 g/mol. The molecule has 1 amide bonds. The Bertz CT molecular complexity index is 1180. The van der Waals surface area contributed by atoms with E-state index in [1.165, 1.54) is 6.92 Å². The van der Waals surface area contributed by atoms with E-state index in [1.807, 2.05) is 62.4 Å². The number of ether oxygens (including phenoxy) is 3. The van der Waals surface area contributed by atoms with E-state index in [2.05, 4.69) is 12.2 Å². The number of aryl methyl sites for hydroxylation is 1. The van der Waals surface area contributed by atoms with Gasteiger partial charge >= 0.3 is 0 Å². The number of methoxy groups -OCH3 is 1. The van der Waals surface area contributed by atoms with E-state index in [1.54, 1.807) is 24.9 Å². The smallest absolute Gasteiger partial charge is 0.217 e. The first kappa shape index (κ1) is 27.4. The van der Waals surface area contributed by atoms with Crippen molar-refractivity contribution in [1.29, 1.82) is 0 Å². The average Bonchev–Trinajstić information content (AvgIpc) is 2.87. The molecule has 2 aromatic carbocycles. The van der Waals surface area contributed by atoms with Crippen molar-refractivity contribution in [3.63, 3.8) is 0 Å². The number of amides is 1. The Labute approximate surface area is 223 Å². The first-order valence-electron chi connectivity index (χ1n) is 12.7. The summed E-state index contributed by atoms with van der Waals surface area (Å²) in [6, 6.07) is 15.9. The number of benzene rings is 2. The Morgan fingerprint density at radius 1 is 1.16 bits per heavy atom. The third kappa shape index (κ3) is 7.03. The Kier molecular flexibility index (Phi) is 8.46. The van der Waals surface area contributed by atoms with Crippen molar-refractivity contribution in [2.24, 2.45) is 5.92 Å². The summed E-state index contributed by atoms with van der Waals surface area (Å²) < 4.78 is 32.2. The molecule has 198 valence electrons. The van der Waals surface area contributed by atoms with Crippen LogP contribution in [0.4, 0.5) is 4.39 Å². The zero-order valence-corrected chi connectivity index (χ0v) is 23.0. The van der Waals surface area contributed by atoms with E-state index < -0.39 is 11.3 Å². The van der Waals surface area contributed by atoms with Gasteiger partial charge in [0.25, 0.3) is 0 Å². The van der Waals surface area contributed by atoms with Gasteiger partial charge in [-0.15, -0.1) is 0 Å². The molecule has 1 heterocycles. The van der Waals surface area contributed by atoms with Crippen LogP contribution in [0.15, 0.2) is 70.2 Å². The lowest BCUT2D eigenvalue weighted by atomic mass is 9.88. The van der Waals surface area contributed by atoms with Crippen molar-refractivity contribution in [3.05, 3.63) is 76.5 Å². The van der Waals surface area contributed by atoms with Crippen molar-refractivity contribution >= 4 is 23.2 Å². The SMILES string of the molecule is COc1cccc(SC2=CC(F)=C(c3ccc(CCC4(NC(C)=O)COC(C)(C)OC4)cc3)CC2C)c1. The summed E-state index contributed by atoms with van der Waals surface area (Å²) in [6.07, 6.45) is 3.74. The van der Waals surface area contributed by atoms with Gasteiger partial charge in [0.1, 0.15) is 11.6 Å². The Hall–Kier alpha value is -2.61. The third-order valence-corrected chi connectivity index (χ3v) is 8.10. The van der Waals surface area contributed by atoms with Crippen LogP contribution >= 0.6 is 11.8 Å². The number of allylic oxidation sites excluding steroid dienone is 4. The van der Waals surface area contributed by atoms with E-state index in [0.29, 0.717) is 26.1 Å². The summed E-state index contributed by atoms with van der Waals surface area (Å²) in [5.41, 5.74) is 2.19. The van der Waals surface area contributed by atoms with Gasteiger partial charge in [-0.1, -0.05) is 49.0 Å². The molecule has 37 heavy (non-hydrogen) atoms. The van der Waals surface area contributed by atoms with Gasteiger partial charge in [0, 0.05) is 11.8 Å². The van der Waals surface area contributed by atoms with Gasteiger partial charge in [0.05, 0.1) is 25.9 Å². The van der Waals surface area contributed by atoms with Crippen molar-refractivity contribution in [1.82, 2.24) is 5.32 Å². The van der Waals surface area contributed by atoms with Crippen LogP contribution in [0.1, 0.15) is 51.7 Å². The van der Waals surface area contributed by atoms with Gasteiger partial charge in [0.2, 0.25) is 5.91 Å². The first-order valence-corrected chi connectivity index (χ1v) is 13.5. The minimum absolute atomic E-state index is 0.104. The number of hydrogen-bond acceptors (Lipinski definition) is 5. The molecule has 1 saturated heterocycles. The Morgan fingerprint density at radius 3 is 2.51 bits per heavy atom. The van der Waals surface area contributed by atoms with Crippen LogP contribution in [-0.4, -0.2) is 37.6 Å². The molecular formula is C30H36FNO4S. The Balaban J connectivity index is 1.44. The fraction of sp³-hybridized carbons (Fsp3) is 0.433. The molecule has 7 heteroatoms. The quantitative estimate of drug-likeness (QED) is 0.417. The second kappa shape index (κ2) is 11.4. The molecule has 1 unspecified atom stereocenters. The molecule has 1 fully saturated rings. The lowest BCUT2D eigenvalue weighted by Gasteiger charge is -2.43. The highest BCUT2D eigenvalue weighted by molar-refractivity contribution is 8.03. The molecule has 0 bridgehead atoms. The van der Waals surface area contributed by atoms with Crippen LogP contribution in [0.5, 0.6) is 5.75 Å². The summed E-state index contributed by atoms with van der Waals surface area (Å²) in [6.45, 7) is 8.19. The van der Waals surface area contributed by atoms with Crippen LogP contribution in [0.25, 0.3) is 5.57 Å². The highest BCUT2D eigenvalue weighted by atomic mass is 32.2. The fourth-order valence-corrected chi connectivity index (χ4v) is 5.70. The molecular weight excluding hydrogens is 489 g/mol. The number of rotatable bonds is 8. The molecule has 0 aromatic heterocycles. The minimum Gasteiger partial charge on any atom is -0.497 e. The van der Waals surface area contributed by atoms with Gasteiger partial charge in [-0.3, -0.25) is 4.79 Å². The minimum atomic E-state index is -0.653. The monoisotopic (exact) mass is 525 g/mol. The maximum Gasteiger partial charge on any atom is 0.217 e. The second-order valence-electron chi connectivity index (χ2n) is 10.4. The standard InChI is InChI=1S/C30H36FNO4S/c1-20-15-26(27(31)17-28(20)37-25-8-6-7-24(16-25)34-5)23-11-9-22(10-12-23)13-14-30(32-21(2)33)18-35-29(3,4)36-19-30/h6-12,16-17,20H,13-15,18-19H2,1-5H3,(H,32,33). The summed E-state index contributed by atoms with van der Waals surface area (Å²) >= 11 is 1.59. The molecule has 5 nitrogen and oxygen atoms in total. The molecule has 0 radical (unpaired) electrons. The number of nitrogens with one attached hydrogen (secondary N) is 1. The molecule has 1 N–H and O–H groups in total. The van der Waals surface area contributed by atoms with Crippen LogP contribution in [-0.2, 0) is 20.7 Å². The van der Waals surface area contributed by atoms with E-state index in [-0.39, 0.29) is 17.7 Å². The molecule has 1 atom stereocenters. The molecule has 0 spiro atoms. The number of thioether (sulfide) groups is 1. The molecule has 0 saturated carbocycles. The number of halogens is 1. The zero-order valence-electron chi connectivity index (χ0n) is 22.2. The lowest BCUT2D eigenvalue weighted by molar-refractivity contribution is -0.271. The number of hydrogen-bond donors (Lipinski definition) is 1. The van der Waals surface area contributed by atoms with Gasteiger partial charge in [0.15, 0.2) is 5.79 Å². The molecule has 4 rings (SSSR count). The predicted molar refractivity (Wildman–Crippen MR) is 146 cm³/mol. The predicted octanol–water partition coefficient (Wildman–Crippen LogP) is 6.68. The van der Waals surface area contributed by atoms with Gasteiger partial charge in [-0.2, -0.15) is 0 Å². The number of carbonyl (C=O) groups is 1. The van der Waals surface area contributed by atoms with Crippen LogP contribution in [0.3, 0.4) is 0 Å². The highest BCUT2D eigenvalue weighted by Crippen LogP contribution is 2.43. The van der Waals surface area contributed by atoms with E-state index in [9.17, 15) is 4.79 Å². The highest BCUT2D eigenvalue weighted by Gasteiger charge is 2.40. The van der Waals surface area contributed by atoms with Gasteiger partial charge in [-0.05, 0) is 84.9 Å². The first-order chi connectivity index (χ1) is 17.6. The zero-order chi connectivity index (χ0) is 26.6. The van der Waals surface area contributed by atoms with Crippen molar-refractivity contribution in [3.8, 4) is 5.75 Å². The number of carbonyl (C=O) groups excluding carboxylic acids is 1. The largest absolute Gasteiger partial charge is 0.497 e. The van der Waals surface area contributed by atoms with Crippen LogP contribution in [0, 0.1) is 5.92 Å². The van der Waals surface area contributed by atoms with E-state index in [4.69, 9.17) is 14.2 Å². The molecule has 1 aliphatic carbocycles. The maximum absolute atomic E-state index is 15.2. The van der Waals surface area contributed by atoms with E-state index in [0.717, 1.165) is 38.7 Å². The van der Waals surface area contributed by atoms with Crippen LogP contribution in [0.2, 0.25) is 0 Å². The normalized spacial score (nSPS) is 20.8. The van der Waals surface area contributed by atoms with Crippen molar-refractivity contribution in [2.75, 3.05) is 20.3 Å². The van der Waals surface area contributed by atoms with Gasteiger partial charge < -0.3 is 19.5 Å².